The number of rotatable bonds is 3. The average Bonchev–Trinajstić information content (AvgIpc) is 2.52. The molecule has 76 valence electrons. The van der Waals surface area contributed by atoms with E-state index in [0.29, 0.717) is 11.7 Å². The lowest BCUT2D eigenvalue weighted by molar-refractivity contribution is 0.857. The Balaban J connectivity index is 3.07. The number of hydrogen-bond donors (Lipinski definition) is 2. The third kappa shape index (κ3) is 2.22. The fourth-order valence-corrected chi connectivity index (χ4v) is 1.27. The molecule has 0 amide bonds. The zero-order valence-electron chi connectivity index (χ0n) is 8.78. The summed E-state index contributed by atoms with van der Waals surface area (Å²) >= 11 is 0. The molecule has 1 aromatic heterocycles. The zero-order valence-corrected chi connectivity index (χ0v) is 8.78. The molecule has 0 fully saturated rings. The maximum Gasteiger partial charge on any atom is 0.126 e. The van der Waals surface area contributed by atoms with Crippen LogP contribution in [0.1, 0.15) is 19.4 Å². The van der Waals surface area contributed by atoms with Gasteiger partial charge in [0.2, 0.25) is 0 Å². The van der Waals surface area contributed by atoms with Crippen molar-refractivity contribution >= 4 is 17.6 Å². The molecule has 0 aromatic carbocycles. The van der Waals surface area contributed by atoms with Crippen molar-refractivity contribution < 1.29 is 0 Å². The first-order chi connectivity index (χ1) is 6.66. The second kappa shape index (κ2) is 4.60. The van der Waals surface area contributed by atoms with E-state index in [1.54, 1.807) is 19.5 Å². The van der Waals surface area contributed by atoms with Gasteiger partial charge in [-0.25, -0.2) is 0 Å². The first-order valence-corrected chi connectivity index (χ1v) is 4.58. The van der Waals surface area contributed by atoms with Crippen LogP contribution in [-0.2, 0) is 0 Å². The molecule has 3 N–H and O–H groups in total. The van der Waals surface area contributed by atoms with Crippen LogP contribution in [-0.4, -0.2) is 23.5 Å². The summed E-state index contributed by atoms with van der Waals surface area (Å²) in [7, 11) is 1.74. The molecule has 0 bridgehead atoms. The number of hydrogen-bond acceptors (Lipinski definition) is 3. The van der Waals surface area contributed by atoms with E-state index >= 15 is 0 Å². The van der Waals surface area contributed by atoms with Gasteiger partial charge in [-0.1, -0.05) is 13.8 Å². The average molecular weight is 192 g/mol. The molecule has 0 aliphatic rings. The third-order valence-corrected chi connectivity index (χ3v) is 2.00. The Labute approximate surface area is 83.9 Å². The summed E-state index contributed by atoms with van der Waals surface area (Å²) in [5.74, 6) is 1.00. The molecule has 1 aromatic rings. The fraction of sp³-hybridized carbons (Fsp3) is 0.400. The number of allylic oxidation sites excluding steroid dienone is 2. The summed E-state index contributed by atoms with van der Waals surface area (Å²) in [4.78, 5) is 3.92. The second-order valence-corrected chi connectivity index (χ2v) is 3.38. The number of aromatic nitrogens is 2. The number of nitrogens with two attached hydrogens (primary N) is 1. The second-order valence-electron chi connectivity index (χ2n) is 3.38. The monoisotopic (exact) mass is 192 g/mol. The largest absolute Gasteiger partial charge is 0.384 e. The maximum absolute atomic E-state index is 5.75. The molecule has 0 radical (unpaired) electrons. The van der Waals surface area contributed by atoms with Crippen LogP contribution < -0.4 is 5.73 Å². The summed E-state index contributed by atoms with van der Waals surface area (Å²) < 4.78 is 0. The Kier molecular flexibility index (Phi) is 3.45. The number of aromatic amines is 1. The highest BCUT2D eigenvalue weighted by molar-refractivity contribution is 5.87. The van der Waals surface area contributed by atoms with Gasteiger partial charge in [0.15, 0.2) is 0 Å². The molecule has 14 heavy (non-hydrogen) atoms. The van der Waals surface area contributed by atoms with Gasteiger partial charge in [-0.3, -0.25) is 10.1 Å². The van der Waals surface area contributed by atoms with Gasteiger partial charge in [-0.05, 0) is 17.6 Å². The fourth-order valence-electron chi connectivity index (χ4n) is 1.27. The summed E-state index contributed by atoms with van der Waals surface area (Å²) in [6, 6.07) is 0. The van der Waals surface area contributed by atoms with Gasteiger partial charge in [-0.2, -0.15) is 5.10 Å². The van der Waals surface area contributed by atoms with Gasteiger partial charge in [0.25, 0.3) is 0 Å². The van der Waals surface area contributed by atoms with Gasteiger partial charge in [-0.15, -0.1) is 0 Å². The maximum atomic E-state index is 5.75. The lowest BCUT2D eigenvalue weighted by atomic mass is 9.97. The number of nitrogens with zero attached hydrogens (tertiary/aromatic N) is 2. The number of H-pyrrole nitrogens is 1. The van der Waals surface area contributed by atoms with Gasteiger partial charge in [0.05, 0.1) is 6.20 Å². The van der Waals surface area contributed by atoms with Crippen molar-refractivity contribution in [3.8, 4) is 0 Å². The molecule has 0 aliphatic carbocycles. The normalized spacial score (nSPS) is 13.0. The standard InChI is InChI=1S/C10H16N4/c1-7(2)8(4-5-12-3)9-6-13-14-10(9)11/h4-7H,1-3H3,(H3,11,13,14)/b8-4+,12-5?. The number of aliphatic imine (C=N–C) groups is 1. The predicted octanol–water partition coefficient (Wildman–Crippen LogP) is 1.73. The van der Waals surface area contributed by atoms with Crippen LogP contribution in [0.25, 0.3) is 5.57 Å². The van der Waals surface area contributed by atoms with Crippen LogP contribution in [0.3, 0.4) is 0 Å². The Bertz CT molecular complexity index is 347. The molecule has 0 atom stereocenters. The molecule has 1 rings (SSSR count). The minimum absolute atomic E-state index is 0.396. The van der Waals surface area contributed by atoms with Gasteiger partial charge in [0.1, 0.15) is 5.82 Å². The predicted molar refractivity (Wildman–Crippen MR) is 60.2 cm³/mol. The highest BCUT2D eigenvalue weighted by Gasteiger charge is 2.10. The molecule has 4 heteroatoms. The Morgan fingerprint density at radius 2 is 2.36 bits per heavy atom. The molecular weight excluding hydrogens is 176 g/mol. The first-order valence-electron chi connectivity index (χ1n) is 4.58. The van der Waals surface area contributed by atoms with E-state index in [1.165, 1.54) is 0 Å². The van der Waals surface area contributed by atoms with E-state index in [0.717, 1.165) is 11.1 Å². The van der Waals surface area contributed by atoms with Crippen molar-refractivity contribution in [3.05, 3.63) is 17.8 Å². The summed E-state index contributed by atoms with van der Waals surface area (Å²) in [5.41, 5.74) is 7.85. The Morgan fingerprint density at radius 1 is 1.64 bits per heavy atom. The van der Waals surface area contributed by atoms with Gasteiger partial charge >= 0.3 is 0 Å². The smallest absolute Gasteiger partial charge is 0.126 e. The number of anilines is 1. The van der Waals surface area contributed by atoms with E-state index in [4.69, 9.17) is 5.73 Å². The van der Waals surface area contributed by atoms with Crippen LogP contribution in [0.5, 0.6) is 0 Å². The van der Waals surface area contributed by atoms with Crippen molar-refractivity contribution in [1.29, 1.82) is 0 Å². The lowest BCUT2D eigenvalue weighted by Crippen LogP contribution is -1.97. The molecular formula is C10H16N4. The van der Waals surface area contributed by atoms with E-state index in [1.807, 2.05) is 6.08 Å². The van der Waals surface area contributed by atoms with Crippen LogP contribution >= 0.6 is 0 Å². The van der Waals surface area contributed by atoms with Crippen molar-refractivity contribution in [1.82, 2.24) is 10.2 Å². The van der Waals surface area contributed by atoms with E-state index in [-0.39, 0.29) is 0 Å². The van der Waals surface area contributed by atoms with Crippen molar-refractivity contribution in [2.24, 2.45) is 10.9 Å². The first kappa shape index (κ1) is 10.5. The van der Waals surface area contributed by atoms with E-state index in [2.05, 4.69) is 29.0 Å². The number of nitrogens with one attached hydrogen (secondary N) is 1. The van der Waals surface area contributed by atoms with Crippen molar-refractivity contribution in [2.45, 2.75) is 13.8 Å². The number of nitrogen functional groups attached to an aromatic ring is 1. The van der Waals surface area contributed by atoms with Gasteiger partial charge < -0.3 is 5.73 Å². The molecule has 1 heterocycles. The van der Waals surface area contributed by atoms with Crippen LogP contribution in [0.4, 0.5) is 5.82 Å². The van der Waals surface area contributed by atoms with Crippen LogP contribution in [0.15, 0.2) is 17.3 Å². The molecule has 0 unspecified atom stereocenters. The van der Waals surface area contributed by atoms with E-state index in [9.17, 15) is 0 Å². The SMILES string of the molecule is CN=C/C=C(/c1cn[nH]c1N)C(C)C. The van der Waals surface area contributed by atoms with Crippen LogP contribution in [0.2, 0.25) is 0 Å². The molecule has 0 aliphatic heterocycles. The Morgan fingerprint density at radius 3 is 2.79 bits per heavy atom. The zero-order chi connectivity index (χ0) is 10.6. The lowest BCUT2D eigenvalue weighted by Gasteiger charge is -2.08. The summed E-state index contributed by atoms with van der Waals surface area (Å²) in [6.07, 6.45) is 5.47. The highest BCUT2D eigenvalue weighted by atomic mass is 15.1. The van der Waals surface area contributed by atoms with Crippen molar-refractivity contribution in [2.75, 3.05) is 12.8 Å². The molecule has 0 spiro atoms. The van der Waals surface area contributed by atoms with Gasteiger partial charge in [0, 0.05) is 18.8 Å². The quantitative estimate of drug-likeness (QED) is 0.716. The third-order valence-electron chi connectivity index (χ3n) is 2.00. The molecule has 0 saturated carbocycles. The highest BCUT2D eigenvalue weighted by Crippen LogP contribution is 2.25. The topological polar surface area (TPSA) is 67.1 Å². The van der Waals surface area contributed by atoms with Crippen LogP contribution in [0, 0.1) is 5.92 Å². The Hall–Kier alpha value is -1.58. The summed E-state index contributed by atoms with van der Waals surface area (Å²) in [5, 5.41) is 6.62. The molecule has 4 nitrogen and oxygen atoms in total. The summed E-state index contributed by atoms with van der Waals surface area (Å²) in [6.45, 7) is 4.23. The minimum atomic E-state index is 0.396. The minimum Gasteiger partial charge on any atom is -0.384 e. The van der Waals surface area contributed by atoms with Crippen molar-refractivity contribution in [3.63, 3.8) is 0 Å². The van der Waals surface area contributed by atoms with E-state index < -0.39 is 0 Å². The molecule has 0 saturated heterocycles.